The van der Waals surface area contributed by atoms with E-state index in [4.69, 9.17) is 10.5 Å². The van der Waals surface area contributed by atoms with Gasteiger partial charge in [-0.1, -0.05) is 0 Å². The molecule has 0 saturated carbocycles. The number of rotatable bonds is 6. The fourth-order valence-corrected chi connectivity index (χ4v) is 1.67. The number of halogens is 1. The smallest absolute Gasteiger partial charge is 0.143 e. The summed E-state index contributed by atoms with van der Waals surface area (Å²) in [6, 6.07) is 0.198. The van der Waals surface area contributed by atoms with Crippen LogP contribution in [0.25, 0.3) is 0 Å². The number of nitrogens with zero attached hydrogens (tertiary/aromatic N) is 2. The van der Waals surface area contributed by atoms with Gasteiger partial charge in [-0.3, -0.25) is 0 Å². The zero-order valence-electron chi connectivity index (χ0n) is 8.61. The van der Waals surface area contributed by atoms with Crippen molar-refractivity contribution in [3.8, 4) is 0 Å². The molecule has 1 aromatic heterocycles. The van der Waals surface area contributed by atoms with Crippen molar-refractivity contribution in [1.29, 1.82) is 0 Å². The molecule has 5 nitrogen and oxygen atoms in total. The van der Waals surface area contributed by atoms with Crippen molar-refractivity contribution in [3.63, 3.8) is 0 Å². The lowest BCUT2D eigenvalue weighted by Gasteiger charge is -2.18. The molecule has 15 heavy (non-hydrogen) atoms. The highest BCUT2D eigenvalue weighted by molar-refractivity contribution is 14.1. The maximum atomic E-state index is 5.52. The van der Waals surface area contributed by atoms with Crippen LogP contribution in [0.1, 0.15) is 6.42 Å². The second-order valence-corrected chi connectivity index (χ2v) is 4.26. The molecule has 0 aliphatic heterocycles. The van der Waals surface area contributed by atoms with E-state index in [1.165, 1.54) is 6.33 Å². The van der Waals surface area contributed by atoms with E-state index < -0.39 is 0 Å². The first-order chi connectivity index (χ1) is 7.27. The van der Waals surface area contributed by atoms with Gasteiger partial charge in [0, 0.05) is 13.3 Å². The molecule has 0 aliphatic carbocycles. The van der Waals surface area contributed by atoms with Crippen molar-refractivity contribution >= 4 is 28.4 Å². The Kier molecular flexibility index (Phi) is 5.81. The number of hydrogen-bond acceptors (Lipinski definition) is 5. The van der Waals surface area contributed by atoms with Gasteiger partial charge in [-0.2, -0.15) is 0 Å². The highest BCUT2D eigenvalue weighted by Gasteiger charge is 2.09. The molecule has 6 heteroatoms. The lowest BCUT2D eigenvalue weighted by atomic mass is 10.2. The number of methoxy groups -OCH3 is 1. The summed E-state index contributed by atoms with van der Waals surface area (Å²) in [5.41, 5.74) is 5.52. The number of ether oxygens (including phenoxy) is 1. The largest absolute Gasteiger partial charge is 0.383 e. The molecule has 0 aromatic carbocycles. The normalized spacial score (nSPS) is 12.5. The third kappa shape index (κ3) is 4.27. The van der Waals surface area contributed by atoms with Crippen LogP contribution in [0.4, 0.5) is 5.82 Å². The van der Waals surface area contributed by atoms with Crippen molar-refractivity contribution < 1.29 is 4.74 Å². The van der Waals surface area contributed by atoms with Crippen LogP contribution in [-0.4, -0.2) is 36.3 Å². The molecule has 0 radical (unpaired) electrons. The van der Waals surface area contributed by atoms with Gasteiger partial charge in [0.2, 0.25) is 0 Å². The molecule has 1 atom stereocenters. The van der Waals surface area contributed by atoms with Gasteiger partial charge in [-0.15, -0.1) is 0 Å². The second kappa shape index (κ2) is 6.91. The summed E-state index contributed by atoms with van der Waals surface area (Å²) in [5.74, 6) is 0.834. The van der Waals surface area contributed by atoms with Gasteiger partial charge in [-0.05, 0) is 35.6 Å². The van der Waals surface area contributed by atoms with Crippen molar-refractivity contribution in [1.82, 2.24) is 9.97 Å². The number of anilines is 1. The van der Waals surface area contributed by atoms with Gasteiger partial charge in [0.25, 0.3) is 0 Å². The predicted molar refractivity (Wildman–Crippen MR) is 67.7 cm³/mol. The third-order valence-corrected chi connectivity index (χ3v) is 2.68. The van der Waals surface area contributed by atoms with Gasteiger partial charge in [0.15, 0.2) is 0 Å². The minimum atomic E-state index is 0.198. The Labute approximate surface area is 103 Å². The lowest BCUT2D eigenvalue weighted by Crippen LogP contribution is -2.28. The molecule has 84 valence electrons. The van der Waals surface area contributed by atoms with Crippen LogP contribution in [0.3, 0.4) is 0 Å². The lowest BCUT2D eigenvalue weighted by molar-refractivity contribution is 0.183. The molecule has 0 aliphatic rings. The van der Waals surface area contributed by atoms with Crippen LogP contribution in [0.2, 0.25) is 0 Å². The van der Waals surface area contributed by atoms with Crippen molar-refractivity contribution in [2.45, 2.75) is 12.5 Å². The molecule has 1 rings (SSSR count). The summed E-state index contributed by atoms with van der Waals surface area (Å²) >= 11 is 2.19. The summed E-state index contributed by atoms with van der Waals surface area (Å²) in [5, 5.41) is 3.29. The van der Waals surface area contributed by atoms with Crippen LogP contribution in [0.15, 0.2) is 12.5 Å². The first-order valence-electron chi connectivity index (χ1n) is 4.69. The Morgan fingerprint density at radius 1 is 1.67 bits per heavy atom. The van der Waals surface area contributed by atoms with Crippen molar-refractivity contribution in [2.75, 3.05) is 25.6 Å². The monoisotopic (exact) mass is 322 g/mol. The Morgan fingerprint density at radius 3 is 3.07 bits per heavy atom. The molecule has 0 fully saturated rings. The van der Waals surface area contributed by atoms with Crippen LogP contribution >= 0.6 is 22.6 Å². The summed E-state index contributed by atoms with van der Waals surface area (Å²) in [6.45, 7) is 1.25. The van der Waals surface area contributed by atoms with E-state index in [2.05, 4.69) is 37.9 Å². The fraction of sp³-hybridized carbons (Fsp3) is 0.556. The van der Waals surface area contributed by atoms with Gasteiger partial charge >= 0.3 is 0 Å². The molecule has 0 bridgehead atoms. The Balaban J connectivity index is 2.60. The highest BCUT2D eigenvalue weighted by atomic mass is 127. The third-order valence-electron chi connectivity index (χ3n) is 1.89. The maximum absolute atomic E-state index is 5.52. The van der Waals surface area contributed by atoms with E-state index in [-0.39, 0.29) is 6.04 Å². The molecule has 1 aromatic rings. The van der Waals surface area contributed by atoms with E-state index in [1.54, 1.807) is 13.3 Å². The van der Waals surface area contributed by atoms with E-state index in [0.717, 1.165) is 15.8 Å². The molecule has 3 N–H and O–H groups in total. The number of aromatic nitrogens is 2. The average Bonchev–Trinajstić information content (AvgIpc) is 2.22. The van der Waals surface area contributed by atoms with Crippen LogP contribution < -0.4 is 11.1 Å². The Hall–Kier alpha value is -0.470. The molecular weight excluding hydrogens is 307 g/mol. The number of nitrogens with two attached hydrogens (primary N) is 1. The first-order valence-corrected chi connectivity index (χ1v) is 5.76. The van der Waals surface area contributed by atoms with Crippen molar-refractivity contribution in [2.24, 2.45) is 5.73 Å². The molecule has 1 heterocycles. The van der Waals surface area contributed by atoms with Crippen molar-refractivity contribution in [3.05, 3.63) is 16.1 Å². The molecular formula is C9H15IN4O. The van der Waals surface area contributed by atoms with Gasteiger partial charge in [0.1, 0.15) is 12.1 Å². The van der Waals surface area contributed by atoms with Crippen LogP contribution in [0, 0.1) is 3.57 Å². The van der Waals surface area contributed by atoms with E-state index in [1.807, 2.05) is 0 Å². The van der Waals surface area contributed by atoms with E-state index in [9.17, 15) is 0 Å². The number of nitrogens with one attached hydrogen (secondary N) is 1. The van der Waals surface area contributed by atoms with Crippen LogP contribution in [-0.2, 0) is 4.74 Å². The summed E-state index contributed by atoms with van der Waals surface area (Å²) in [6.07, 6.45) is 4.15. The van der Waals surface area contributed by atoms with Gasteiger partial charge < -0.3 is 15.8 Å². The van der Waals surface area contributed by atoms with Crippen LogP contribution in [0.5, 0.6) is 0 Å². The summed E-state index contributed by atoms with van der Waals surface area (Å²) in [4.78, 5) is 8.09. The molecule has 1 unspecified atom stereocenters. The average molecular weight is 322 g/mol. The summed E-state index contributed by atoms with van der Waals surface area (Å²) in [7, 11) is 1.68. The standard InChI is InChI=1S/C9H15IN4O/c1-15-5-7(2-3-11)14-9-8(10)4-12-6-13-9/h4,6-7H,2-3,5,11H2,1H3,(H,12,13,14). The first kappa shape index (κ1) is 12.6. The zero-order valence-corrected chi connectivity index (χ0v) is 10.8. The SMILES string of the molecule is COCC(CCN)Nc1ncncc1I. The minimum absolute atomic E-state index is 0.198. The summed E-state index contributed by atoms with van der Waals surface area (Å²) < 4.78 is 6.10. The van der Waals surface area contributed by atoms with Gasteiger partial charge in [-0.25, -0.2) is 9.97 Å². The maximum Gasteiger partial charge on any atom is 0.143 e. The second-order valence-electron chi connectivity index (χ2n) is 3.09. The Morgan fingerprint density at radius 2 is 2.47 bits per heavy atom. The quantitative estimate of drug-likeness (QED) is 0.760. The zero-order chi connectivity index (χ0) is 11.1. The van der Waals surface area contributed by atoms with Gasteiger partial charge in [0.05, 0.1) is 16.2 Å². The van der Waals surface area contributed by atoms with E-state index in [0.29, 0.717) is 13.2 Å². The minimum Gasteiger partial charge on any atom is -0.383 e. The molecule has 0 spiro atoms. The highest BCUT2D eigenvalue weighted by Crippen LogP contribution is 2.14. The van der Waals surface area contributed by atoms with E-state index >= 15 is 0 Å². The number of hydrogen-bond donors (Lipinski definition) is 2. The molecule has 0 saturated heterocycles. The predicted octanol–water partition coefficient (Wildman–Crippen LogP) is 0.857. The Bertz CT molecular complexity index is 291. The fourth-order valence-electron chi connectivity index (χ4n) is 1.21. The topological polar surface area (TPSA) is 73.1 Å². The molecule has 0 amide bonds.